The van der Waals surface area contributed by atoms with E-state index in [2.05, 4.69) is 10.4 Å². The summed E-state index contributed by atoms with van der Waals surface area (Å²) >= 11 is 0. The fourth-order valence-electron chi connectivity index (χ4n) is 1.76. The highest BCUT2D eigenvalue weighted by atomic mass is 16.5. The lowest BCUT2D eigenvalue weighted by molar-refractivity contribution is -0.120. The summed E-state index contributed by atoms with van der Waals surface area (Å²) in [4.78, 5) is 11.8. The quantitative estimate of drug-likeness (QED) is 0.880. The predicted octanol–water partition coefficient (Wildman–Crippen LogP) is 1.29. The van der Waals surface area contributed by atoms with Gasteiger partial charge in [0.25, 0.3) is 0 Å². The molecule has 1 amide bonds. The van der Waals surface area contributed by atoms with Crippen molar-refractivity contribution >= 4 is 5.91 Å². The van der Waals surface area contributed by atoms with Crippen LogP contribution in [0.1, 0.15) is 11.1 Å². The number of nitrogens with zero attached hydrogens (tertiary/aromatic N) is 2. The second-order valence-corrected chi connectivity index (χ2v) is 4.32. The molecule has 0 saturated carbocycles. The van der Waals surface area contributed by atoms with E-state index < -0.39 is 0 Å². The number of hydrogen-bond donors (Lipinski definition) is 1. The van der Waals surface area contributed by atoms with Crippen molar-refractivity contribution in [3.63, 3.8) is 0 Å². The maximum atomic E-state index is 11.8. The summed E-state index contributed by atoms with van der Waals surface area (Å²) in [5.74, 6) is 0.786. The Balaban J connectivity index is 1.83. The molecule has 1 N–H and O–H groups in total. The van der Waals surface area contributed by atoms with Gasteiger partial charge in [-0.25, -0.2) is 0 Å². The molecule has 0 bridgehead atoms. The molecule has 2 aromatic rings. The number of amides is 1. The molecule has 5 nitrogen and oxygen atoms in total. The average Bonchev–Trinajstić information content (AvgIpc) is 2.83. The van der Waals surface area contributed by atoms with E-state index in [1.165, 1.54) is 0 Å². The first-order valence-electron chi connectivity index (χ1n) is 6.04. The molecule has 1 aromatic heterocycles. The van der Waals surface area contributed by atoms with Crippen LogP contribution in [0.4, 0.5) is 0 Å². The van der Waals surface area contributed by atoms with Crippen molar-refractivity contribution in [1.82, 2.24) is 15.1 Å². The summed E-state index contributed by atoms with van der Waals surface area (Å²) < 4.78 is 6.79. The molecule has 0 atom stereocenters. The van der Waals surface area contributed by atoms with Crippen LogP contribution < -0.4 is 10.1 Å². The molecule has 0 aliphatic rings. The zero-order valence-corrected chi connectivity index (χ0v) is 11.1. The number of methoxy groups -OCH3 is 1. The lowest BCUT2D eigenvalue weighted by atomic mass is 10.1. The summed E-state index contributed by atoms with van der Waals surface area (Å²) in [5, 5.41) is 6.91. The SMILES string of the molecule is COc1ccc(CC(=O)NCc2cnn(C)c2)cc1. The summed E-state index contributed by atoms with van der Waals surface area (Å²) in [6.07, 6.45) is 3.99. The normalized spacial score (nSPS) is 10.2. The number of ether oxygens (including phenoxy) is 1. The van der Waals surface area contributed by atoms with Crippen LogP contribution in [-0.2, 0) is 24.8 Å². The number of benzene rings is 1. The van der Waals surface area contributed by atoms with E-state index in [4.69, 9.17) is 4.74 Å². The van der Waals surface area contributed by atoms with Crippen LogP contribution in [0.15, 0.2) is 36.7 Å². The molecule has 100 valence electrons. The Morgan fingerprint density at radius 3 is 2.63 bits per heavy atom. The average molecular weight is 259 g/mol. The Kier molecular flexibility index (Phi) is 4.18. The number of hydrogen-bond acceptors (Lipinski definition) is 3. The van der Waals surface area contributed by atoms with Crippen LogP contribution in [0.3, 0.4) is 0 Å². The second-order valence-electron chi connectivity index (χ2n) is 4.32. The van der Waals surface area contributed by atoms with Crippen molar-refractivity contribution in [1.29, 1.82) is 0 Å². The standard InChI is InChI=1S/C14H17N3O2/c1-17-10-12(9-16-17)8-15-14(18)7-11-3-5-13(19-2)6-4-11/h3-6,9-10H,7-8H2,1-2H3,(H,15,18). The Morgan fingerprint density at radius 2 is 2.05 bits per heavy atom. The first kappa shape index (κ1) is 13.1. The predicted molar refractivity (Wildman–Crippen MR) is 71.8 cm³/mol. The van der Waals surface area contributed by atoms with E-state index in [0.29, 0.717) is 13.0 Å². The summed E-state index contributed by atoms with van der Waals surface area (Å²) in [7, 11) is 3.47. The van der Waals surface area contributed by atoms with Gasteiger partial charge in [-0.05, 0) is 17.7 Å². The van der Waals surface area contributed by atoms with Crippen molar-refractivity contribution in [2.24, 2.45) is 7.05 Å². The van der Waals surface area contributed by atoms with Crippen LogP contribution in [0.25, 0.3) is 0 Å². The molecule has 1 heterocycles. The fourth-order valence-corrected chi connectivity index (χ4v) is 1.76. The molecule has 0 aliphatic heterocycles. The van der Waals surface area contributed by atoms with Crippen LogP contribution in [0.2, 0.25) is 0 Å². The van der Waals surface area contributed by atoms with Crippen molar-refractivity contribution in [3.8, 4) is 5.75 Å². The van der Waals surface area contributed by atoms with E-state index in [1.54, 1.807) is 18.0 Å². The van der Waals surface area contributed by atoms with Gasteiger partial charge in [0.1, 0.15) is 5.75 Å². The molecule has 19 heavy (non-hydrogen) atoms. The van der Waals surface area contributed by atoms with Gasteiger partial charge in [-0.1, -0.05) is 12.1 Å². The fraction of sp³-hybridized carbons (Fsp3) is 0.286. The minimum Gasteiger partial charge on any atom is -0.497 e. The molecule has 1 aromatic carbocycles. The zero-order chi connectivity index (χ0) is 13.7. The van der Waals surface area contributed by atoms with Gasteiger partial charge in [0.05, 0.1) is 19.7 Å². The van der Waals surface area contributed by atoms with Crippen LogP contribution in [0.5, 0.6) is 5.75 Å². The molecule has 5 heteroatoms. The maximum absolute atomic E-state index is 11.8. The van der Waals surface area contributed by atoms with Gasteiger partial charge in [0.15, 0.2) is 0 Å². The van der Waals surface area contributed by atoms with E-state index in [0.717, 1.165) is 16.9 Å². The summed E-state index contributed by atoms with van der Waals surface area (Å²) in [5.41, 5.74) is 1.95. The summed E-state index contributed by atoms with van der Waals surface area (Å²) in [6.45, 7) is 0.503. The number of carbonyl (C=O) groups is 1. The van der Waals surface area contributed by atoms with Crippen molar-refractivity contribution in [2.75, 3.05) is 7.11 Å². The largest absolute Gasteiger partial charge is 0.497 e. The van der Waals surface area contributed by atoms with Crippen molar-refractivity contribution in [2.45, 2.75) is 13.0 Å². The number of nitrogens with one attached hydrogen (secondary N) is 1. The van der Waals surface area contributed by atoms with Gasteiger partial charge >= 0.3 is 0 Å². The lowest BCUT2D eigenvalue weighted by Gasteiger charge is -2.05. The van der Waals surface area contributed by atoms with Gasteiger partial charge in [-0.2, -0.15) is 5.10 Å². The van der Waals surface area contributed by atoms with Gasteiger partial charge in [-0.15, -0.1) is 0 Å². The van der Waals surface area contributed by atoms with E-state index >= 15 is 0 Å². The molecule has 0 spiro atoms. The minimum absolute atomic E-state index is 0.00554. The molecule has 0 saturated heterocycles. The Morgan fingerprint density at radius 1 is 1.32 bits per heavy atom. The molecule has 0 radical (unpaired) electrons. The van der Waals surface area contributed by atoms with Crippen molar-refractivity contribution < 1.29 is 9.53 Å². The Labute approximate surface area is 112 Å². The Hall–Kier alpha value is -2.30. The Bertz CT molecular complexity index is 546. The molecule has 0 aliphatic carbocycles. The van der Waals surface area contributed by atoms with Crippen LogP contribution >= 0.6 is 0 Å². The zero-order valence-electron chi connectivity index (χ0n) is 11.1. The van der Waals surface area contributed by atoms with Crippen molar-refractivity contribution in [3.05, 3.63) is 47.8 Å². The molecular formula is C14H17N3O2. The highest BCUT2D eigenvalue weighted by Crippen LogP contribution is 2.11. The number of aromatic nitrogens is 2. The van der Waals surface area contributed by atoms with E-state index in [1.807, 2.05) is 37.5 Å². The first-order valence-corrected chi connectivity index (χ1v) is 6.04. The van der Waals surface area contributed by atoms with Crippen LogP contribution in [-0.4, -0.2) is 22.8 Å². The smallest absolute Gasteiger partial charge is 0.224 e. The third kappa shape index (κ3) is 3.84. The topological polar surface area (TPSA) is 56.1 Å². The van der Waals surface area contributed by atoms with Gasteiger partial charge in [-0.3, -0.25) is 9.48 Å². The maximum Gasteiger partial charge on any atom is 0.224 e. The first-order chi connectivity index (χ1) is 9.17. The molecule has 2 rings (SSSR count). The minimum atomic E-state index is -0.00554. The van der Waals surface area contributed by atoms with Gasteiger partial charge in [0, 0.05) is 25.4 Å². The highest BCUT2D eigenvalue weighted by molar-refractivity contribution is 5.78. The van der Waals surface area contributed by atoms with Gasteiger partial charge in [0.2, 0.25) is 5.91 Å². The number of aryl methyl sites for hydroxylation is 1. The number of rotatable bonds is 5. The van der Waals surface area contributed by atoms with Crippen LogP contribution in [0, 0.1) is 0 Å². The third-order valence-electron chi connectivity index (χ3n) is 2.77. The molecule has 0 fully saturated rings. The van der Waals surface area contributed by atoms with E-state index in [-0.39, 0.29) is 5.91 Å². The second kappa shape index (κ2) is 6.04. The molecule has 0 unspecified atom stereocenters. The highest BCUT2D eigenvalue weighted by Gasteiger charge is 2.04. The van der Waals surface area contributed by atoms with E-state index in [9.17, 15) is 4.79 Å². The number of carbonyl (C=O) groups excluding carboxylic acids is 1. The summed E-state index contributed by atoms with van der Waals surface area (Å²) in [6, 6.07) is 7.48. The van der Waals surface area contributed by atoms with Gasteiger partial charge < -0.3 is 10.1 Å². The molecular weight excluding hydrogens is 242 g/mol. The monoisotopic (exact) mass is 259 g/mol. The lowest BCUT2D eigenvalue weighted by Crippen LogP contribution is -2.24. The third-order valence-corrected chi connectivity index (χ3v) is 2.77.